The fourth-order valence-corrected chi connectivity index (χ4v) is 3.63. The zero-order chi connectivity index (χ0) is 24.9. The summed E-state index contributed by atoms with van der Waals surface area (Å²) in [6.07, 6.45) is 1.10. The molecular formula is C24H23ClN4O4S. The predicted molar refractivity (Wildman–Crippen MR) is 135 cm³/mol. The van der Waals surface area contributed by atoms with E-state index in [9.17, 15) is 18.0 Å². The molecule has 0 atom stereocenters. The molecule has 0 aliphatic rings. The van der Waals surface area contributed by atoms with Crippen LogP contribution in [0.25, 0.3) is 0 Å². The van der Waals surface area contributed by atoms with Crippen LogP contribution in [-0.4, -0.2) is 39.2 Å². The van der Waals surface area contributed by atoms with Crippen molar-refractivity contribution in [3.63, 3.8) is 0 Å². The molecule has 8 nitrogen and oxygen atoms in total. The van der Waals surface area contributed by atoms with Crippen molar-refractivity contribution < 1.29 is 18.0 Å². The Balaban J connectivity index is 1.67. The van der Waals surface area contributed by atoms with E-state index in [1.54, 1.807) is 67.6 Å². The largest absolute Gasteiger partial charge is 0.322 e. The third-order valence-electron chi connectivity index (χ3n) is 4.94. The number of hydrazone groups is 1. The highest BCUT2D eigenvalue weighted by atomic mass is 35.5. The molecule has 0 bridgehead atoms. The van der Waals surface area contributed by atoms with Crippen LogP contribution in [0, 0.1) is 0 Å². The summed E-state index contributed by atoms with van der Waals surface area (Å²) in [5, 5.41) is 7.42. The topological polar surface area (TPSA) is 108 Å². The van der Waals surface area contributed by atoms with Gasteiger partial charge in [-0.05, 0) is 67.1 Å². The number of nitrogens with one attached hydrogen (secondary N) is 2. The van der Waals surface area contributed by atoms with Crippen molar-refractivity contribution in [3.8, 4) is 0 Å². The van der Waals surface area contributed by atoms with Gasteiger partial charge in [0.1, 0.15) is 0 Å². The Morgan fingerprint density at radius 1 is 0.882 bits per heavy atom. The first kappa shape index (κ1) is 24.9. The second kappa shape index (κ2) is 10.5. The van der Waals surface area contributed by atoms with E-state index in [4.69, 9.17) is 11.6 Å². The normalized spacial score (nSPS) is 11.6. The van der Waals surface area contributed by atoms with Crippen LogP contribution in [0.1, 0.15) is 33.2 Å². The quantitative estimate of drug-likeness (QED) is 0.377. The smallest absolute Gasteiger partial charge is 0.271 e. The highest BCUT2D eigenvalue weighted by Gasteiger charge is 2.13. The first-order valence-corrected chi connectivity index (χ1v) is 12.3. The van der Waals surface area contributed by atoms with E-state index in [1.165, 1.54) is 19.2 Å². The summed E-state index contributed by atoms with van der Waals surface area (Å²) in [5.41, 5.74) is 5.48. The number of nitrogens with zero attached hydrogens (tertiary/aromatic N) is 2. The molecule has 34 heavy (non-hydrogen) atoms. The number of anilines is 2. The maximum absolute atomic E-state index is 12.4. The van der Waals surface area contributed by atoms with Gasteiger partial charge in [0.2, 0.25) is 10.0 Å². The molecule has 0 spiro atoms. The fourth-order valence-electron chi connectivity index (χ4n) is 2.93. The van der Waals surface area contributed by atoms with Gasteiger partial charge in [0.05, 0.1) is 17.7 Å². The van der Waals surface area contributed by atoms with E-state index in [2.05, 4.69) is 15.8 Å². The number of amides is 2. The van der Waals surface area contributed by atoms with Gasteiger partial charge >= 0.3 is 0 Å². The number of carbonyl (C=O) groups is 2. The molecule has 2 amide bonds. The summed E-state index contributed by atoms with van der Waals surface area (Å²) in [6, 6.07) is 19.8. The molecule has 2 N–H and O–H groups in total. The number of sulfonamides is 1. The van der Waals surface area contributed by atoms with Crippen molar-refractivity contribution in [1.29, 1.82) is 0 Å². The number of hydrogen-bond acceptors (Lipinski definition) is 5. The Morgan fingerprint density at radius 2 is 1.53 bits per heavy atom. The van der Waals surface area contributed by atoms with Crippen LogP contribution < -0.4 is 15.0 Å². The van der Waals surface area contributed by atoms with Gasteiger partial charge in [0.25, 0.3) is 11.8 Å². The molecule has 0 heterocycles. The van der Waals surface area contributed by atoms with Gasteiger partial charge in [-0.3, -0.25) is 13.9 Å². The number of hydrogen-bond donors (Lipinski definition) is 2. The Labute approximate surface area is 203 Å². The third kappa shape index (κ3) is 6.43. The van der Waals surface area contributed by atoms with Crippen LogP contribution >= 0.6 is 11.6 Å². The van der Waals surface area contributed by atoms with Gasteiger partial charge in [-0.25, -0.2) is 13.8 Å². The van der Waals surface area contributed by atoms with E-state index >= 15 is 0 Å². The van der Waals surface area contributed by atoms with Gasteiger partial charge < -0.3 is 5.32 Å². The molecule has 10 heteroatoms. The first-order chi connectivity index (χ1) is 16.0. The van der Waals surface area contributed by atoms with Crippen LogP contribution in [0.5, 0.6) is 0 Å². The van der Waals surface area contributed by atoms with Crippen molar-refractivity contribution >= 4 is 50.5 Å². The Bertz CT molecular complexity index is 1360. The number of carbonyl (C=O) groups excluding carboxylic acids is 2. The molecule has 0 saturated carbocycles. The minimum atomic E-state index is -3.39. The lowest BCUT2D eigenvalue weighted by Gasteiger charge is -2.16. The molecule has 0 aromatic heterocycles. The molecule has 3 aromatic carbocycles. The summed E-state index contributed by atoms with van der Waals surface area (Å²) in [6.45, 7) is 1.72. The Morgan fingerprint density at radius 3 is 2.18 bits per heavy atom. The third-order valence-corrected chi connectivity index (χ3v) is 6.38. The highest BCUT2D eigenvalue weighted by molar-refractivity contribution is 7.92. The zero-order valence-corrected chi connectivity index (χ0v) is 20.3. The van der Waals surface area contributed by atoms with Crippen LogP contribution in [-0.2, 0) is 10.0 Å². The highest BCUT2D eigenvalue weighted by Crippen LogP contribution is 2.17. The molecule has 0 aliphatic carbocycles. The number of benzene rings is 3. The van der Waals surface area contributed by atoms with Gasteiger partial charge in [0.15, 0.2) is 0 Å². The zero-order valence-electron chi connectivity index (χ0n) is 18.7. The molecule has 0 radical (unpaired) electrons. The maximum atomic E-state index is 12.4. The lowest BCUT2D eigenvalue weighted by atomic mass is 10.1. The number of rotatable bonds is 7. The van der Waals surface area contributed by atoms with Crippen molar-refractivity contribution in [2.45, 2.75) is 6.92 Å². The lowest BCUT2D eigenvalue weighted by Crippen LogP contribution is -2.25. The molecule has 0 aliphatic heterocycles. The van der Waals surface area contributed by atoms with Crippen molar-refractivity contribution in [2.24, 2.45) is 5.10 Å². The van der Waals surface area contributed by atoms with Crippen LogP contribution in [0.4, 0.5) is 11.4 Å². The Hall–Kier alpha value is -3.69. The lowest BCUT2D eigenvalue weighted by molar-refractivity contribution is 0.0954. The van der Waals surface area contributed by atoms with Gasteiger partial charge in [0, 0.05) is 28.9 Å². The summed E-state index contributed by atoms with van der Waals surface area (Å²) >= 11 is 5.95. The predicted octanol–water partition coefficient (Wildman–Crippen LogP) is 4.14. The molecule has 3 aromatic rings. The minimum absolute atomic E-state index is 0.299. The van der Waals surface area contributed by atoms with Crippen molar-refractivity contribution in [1.82, 2.24) is 5.43 Å². The maximum Gasteiger partial charge on any atom is 0.271 e. The van der Waals surface area contributed by atoms with Crippen molar-refractivity contribution in [3.05, 3.63) is 94.5 Å². The van der Waals surface area contributed by atoms with E-state index in [1.807, 2.05) is 0 Å². The van der Waals surface area contributed by atoms with Crippen LogP contribution in [0.15, 0.2) is 77.9 Å². The molecule has 176 valence electrons. The van der Waals surface area contributed by atoms with E-state index < -0.39 is 15.9 Å². The monoisotopic (exact) mass is 498 g/mol. The summed E-state index contributed by atoms with van der Waals surface area (Å²) in [5.74, 6) is -0.745. The average Bonchev–Trinajstić information content (AvgIpc) is 2.81. The second-order valence-corrected chi connectivity index (χ2v) is 9.91. The van der Waals surface area contributed by atoms with Crippen LogP contribution in [0.3, 0.4) is 0 Å². The van der Waals surface area contributed by atoms with Gasteiger partial charge in [-0.15, -0.1) is 0 Å². The second-order valence-electron chi connectivity index (χ2n) is 7.46. The molecule has 0 unspecified atom stereocenters. The van der Waals surface area contributed by atoms with E-state index in [-0.39, 0.29) is 5.91 Å². The summed E-state index contributed by atoms with van der Waals surface area (Å²) in [7, 11) is -1.96. The van der Waals surface area contributed by atoms with Gasteiger partial charge in [-0.2, -0.15) is 5.10 Å². The standard InChI is InChI=1S/C24H23ClN4O4S/c1-16(27-28-24(31)17-10-12-22(13-11-17)29(2)34(3,32)33)18-6-5-9-21(15-18)26-23(30)19-7-4-8-20(25)14-19/h4-15H,1-3H3,(H,26,30)(H,28,31)/b27-16-. The van der Waals surface area contributed by atoms with Crippen molar-refractivity contribution in [2.75, 3.05) is 22.9 Å². The molecule has 0 saturated heterocycles. The fraction of sp³-hybridized carbons (Fsp3) is 0.125. The SMILES string of the molecule is C/C(=N/NC(=O)c1ccc(N(C)S(C)(=O)=O)cc1)c1cccc(NC(=O)c2cccc(Cl)c2)c1. The van der Waals surface area contributed by atoms with Crippen LogP contribution in [0.2, 0.25) is 5.02 Å². The number of halogens is 1. The first-order valence-electron chi connectivity index (χ1n) is 10.1. The van der Waals surface area contributed by atoms with Gasteiger partial charge in [-0.1, -0.05) is 29.8 Å². The Kier molecular flexibility index (Phi) is 7.70. The summed E-state index contributed by atoms with van der Waals surface area (Å²) in [4.78, 5) is 24.9. The summed E-state index contributed by atoms with van der Waals surface area (Å²) < 4.78 is 24.4. The average molecular weight is 499 g/mol. The minimum Gasteiger partial charge on any atom is -0.322 e. The molecule has 0 fully saturated rings. The molecular weight excluding hydrogens is 476 g/mol. The van der Waals surface area contributed by atoms with E-state index in [0.29, 0.717) is 38.8 Å². The van der Waals surface area contributed by atoms with E-state index in [0.717, 1.165) is 10.6 Å². The molecule has 3 rings (SSSR count).